The van der Waals surface area contributed by atoms with Crippen LogP contribution in [0.25, 0.3) is 0 Å². The Morgan fingerprint density at radius 2 is 1.68 bits per heavy atom. The molecule has 0 radical (unpaired) electrons. The number of carbonyl (C=O) groups is 2. The van der Waals surface area contributed by atoms with Crippen LogP contribution in [-0.2, 0) is 14.3 Å². The molecule has 0 bridgehead atoms. The number of hydrogen-bond donors (Lipinski definition) is 3. The minimum absolute atomic E-state index is 0.0468. The van der Waals surface area contributed by atoms with Gasteiger partial charge >= 0.3 is 0 Å². The zero-order chi connectivity index (χ0) is 17.6. The molecule has 2 saturated carbocycles. The molecule has 3 atom stereocenters. The number of hydrogen-bond acceptors (Lipinski definition) is 4. The van der Waals surface area contributed by atoms with Crippen molar-refractivity contribution in [2.45, 2.75) is 94.9 Å². The minimum atomic E-state index is -0.412. The molecule has 6 nitrogen and oxygen atoms in total. The van der Waals surface area contributed by atoms with Crippen LogP contribution in [-0.4, -0.2) is 47.8 Å². The number of aliphatic hydroxyl groups excluding tert-OH is 1. The van der Waals surface area contributed by atoms with E-state index in [1.54, 1.807) is 0 Å². The average Bonchev–Trinajstić information content (AvgIpc) is 2.55. The fraction of sp³-hybridized carbons (Fsp3) is 0.895. The predicted molar refractivity (Wildman–Crippen MR) is 93.9 cm³/mol. The topological polar surface area (TPSA) is 87.7 Å². The van der Waals surface area contributed by atoms with Crippen LogP contribution in [0.5, 0.6) is 0 Å². The molecule has 142 valence electrons. The largest absolute Gasteiger partial charge is 0.394 e. The Balaban J connectivity index is 1.42. The van der Waals surface area contributed by atoms with Gasteiger partial charge in [0, 0.05) is 12.0 Å². The van der Waals surface area contributed by atoms with Crippen molar-refractivity contribution in [3.63, 3.8) is 0 Å². The van der Waals surface area contributed by atoms with Crippen molar-refractivity contribution in [3.8, 4) is 0 Å². The van der Waals surface area contributed by atoms with Crippen LogP contribution in [0.15, 0.2) is 0 Å². The standard InChI is InChI=1S/C19H32N2O4/c22-12-17-16(21-19(24)13-5-4-6-13)10-9-15(25-17)11-18(23)20-14-7-2-1-3-8-14/h13-17,22H,1-12H2,(H,20,23)(H,21,24)/t15-,16-,17+/m0/s1. The fourth-order valence-corrected chi connectivity index (χ4v) is 4.16. The van der Waals surface area contributed by atoms with Gasteiger partial charge in [-0.25, -0.2) is 0 Å². The van der Waals surface area contributed by atoms with Crippen LogP contribution < -0.4 is 10.6 Å². The molecule has 1 heterocycles. The first-order chi connectivity index (χ1) is 12.2. The molecule has 2 amide bonds. The Kier molecular flexibility index (Phi) is 6.70. The molecular weight excluding hydrogens is 320 g/mol. The van der Waals surface area contributed by atoms with Crippen LogP contribution >= 0.6 is 0 Å². The molecule has 25 heavy (non-hydrogen) atoms. The molecular formula is C19H32N2O4. The smallest absolute Gasteiger partial charge is 0.223 e. The fourth-order valence-electron chi connectivity index (χ4n) is 4.16. The zero-order valence-corrected chi connectivity index (χ0v) is 15.0. The van der Waals surface area contributed by atoms with Crippen molar-refractivity contribution in [1.82, 2.24) is 10.6 Å². The van der Waals surface area contributed by atoms with E-state index in [0.29, 0.717) is 12.5 Å². The van der Waals surface area contributed by atoms with Gasteiger partial charge in [0.25, 0.3) is 0 Å². The molecule has 0 aromatic heterocycles. The molecule has 3 N–H and O–H groups in total. The summed E-state index contributed by atoms with van der Waals surface area (Å²) in [4.78, 5) is 24.4. The summed E-state index contributed by atoms with van der Waals surface area (Å²) in [6, 6.07) is 0.170. The Hall–Kier alpha value is -1.14. The molecule has 0 aromatic carbocycles. The number of carbonyl (C=O) groups excluding carboxylic acids is 2. The Morgan fingerprint density at radius 1 is 0.920 bits per heavy atom. The van der Waals surface area contributed by atoms with Crippen LogP contribution in [0.3, 0.4) is 0 Å². The molecule has 1 saturated heterocycles. The van der Waals surface area contributed by atoms with E-state index in [2.05, 4.69) is 10.6 Å². The van der Waals surface area contributed by atoms with E-state index >= 15 is 0 Å². The first-order valence-corrected chi connectivity index (χ1v) is 10.0. The summed E-state index contributed by atoms with van der Waals surface area (Å²) in [5.74, 6) is 0.274. The maximum Gasteiger partial charge on any atom is 0.223 e. The third-order valence-corrected chi connectivity index (χ3v) is 5.98. The maximum atomic E-state index is 12.2. The van der Waals surface area contributed by atoms with Crippen molar-refractivity contribution < 1.29 is 19.4 Å². The molecule has 1 aliphatic heterocycles. The summed E-state index contributed by atoms with van der Waals surface area (Å²) in [6.45, 7) is -0.129. The lowest BCUT2D eigenvalue weighted by molar-refractivity contribution is -0.139. The molecule has 2 aliphatic carbocycles. The summed E-state index contributed by atoms with van der Waals surface area (Å²) < 4.78 is 5.91. The highest BCUT2D eigenvalue weighted by molar-refractivity contribution is 5.79. The van der Waals surface area contributed by atoms with Crippen molar-refractivity contribution >= 4 is 11.8 Å². The lowest BCUT2D eigenvalue weighted by atomic mass is 9.84. The van der Waals surface area contributed by atoms with E-state index in [1.807, 2.05) is 0 Å². The molecule has 3 fully saturated rings. The van der Waals surface area contributed by atoms with Crippen LogP contribution in [0.2, 0.25) is 0 Å². The third kappa shape index (κ3) is 5.17. The first-order valence-electron chi connectivity index (χ1n) is 10.0. The molecule has 0 unspecified atom stereocenters. The van der Waals surface area contributed by atoms with E-state index in [4.69, 9.17) is 4.74 Å². The van der Waals surface area contributed by atoms with Crippen molar-refractivity contribution in [1.29, 1.82) is 0 Å². The van der Waals surface area contributed by atoms with Crippen molar-refractivity contribution in [3.05, 3.63) is 0 Å². The Labute approximate surface area is 150 Å². The second-order valence-corrected chi connectivity index (χ2v) is 7.91. The van der Waals surface area contributed by atoms with Crippen LogP contribution in [0.1, 0.15) is 70.6 Å². The summed E-state index contributed by atoms with van der Waals surface area (Å²) in [7, 11) is 0. The van der Waals surface area contributed by atoms with Crippen LogP contribution in [0, 0.1) is 5.92 Å². The number of aliphatic hydroxyl groups is 1. The van der Waals surface area contributed by atoms with Crippen molar-refractivity contribution in [2.75, 3.05) is 6.61 Å². The van der Waals surface area contributed by atoms with E-state index in [9.17, 15) is 14.7 Å². The highest BCUT2D eigenvalue weighted by Gasteiger charge is 2.35. The van der Waals surface area contributed by atoms with E-state index in [-0.39, 0.29) is 36.5 Å². The third-order valence-electron chi connectivity index (χ3n) is 5.98. The highest BCUT2D eigenvalue weighted by Crippen LogP contribution is 2.28. The number of ether oxygens (including phenoxy) is 1. The van der Waals surface area contributed by atoms with Gasteiger partial charge in [0.1, 0.15) is 6.10 Å². The van der Waals surface area contributed by atoms with E-state index < -0.39 is 6.10 Å². The van der Waals surface area contributed by atoms with Gasteiger partial charge < -0.3 is 20.5 Å². The van der Waals surface area contributed by atoms with Gasteiger partial charge in [-0.2, -0.15) is 0 Å². The normalized spacial score (nSPS) is 31.2. The van der Waals surface area contributed by atoms with E-state index in [0.717, 1.165) is 44.9 Å². The van der Waals surface area contributed by atoms with Gasteiger partial charge in [-0.05, 0) is 38.5 Å². The van der Waals surface area contributed by atoms with Gasteiger partial charge in [0.2, 0.25) is 11.8 Å². The van der Waals surface area contributed by atoms with Gasteiger partial charge in [0.05, 0.1) is 25.2 Å². The number of rotatable bonds is 6. The molecule has 3 aliphatic rings. The van der Waals surface area contributed by atoms with Gasteiger partial charge in [0.15, 0.2) is 0 Å². The monoisotopic (exact) mass is 352 g/mol. The molecule has 6 heteroatoms. The molecule has 0 spiro atoms. The average molecular weight is 352 g/mol. The highest BCUT2D eigenvalue weighted by atomic mass is 16.5. The number of amides is 2. The summed E-state index contributed by atoms with van der Waals surface area (Å²) in [5, 5.41) is 15.8. The Morgan fingerprint density at radius 3 is 2.32 bits per heavy atom. The van der Waals surface area contributed by atoms with Crippen LogP contribution in [0.4, 0.5) is 0 Å². The SMILES string of the molecule is O=C(C[C@@H]1CC[C@H](NC(=O)C2CCC2)[C@@H](CO)O1)NC1CCCCC1. The maximum absolute atomic E-state index is 12.2. The summed E-state index contributed by atoms with van der Waals surface area (Å²) >= 11 is 0. The van der Waals surface area contributed by atoms with Gasteiger partial charge in [-0.3, -0.25) is 9.59 Å². The van der Waals surface area contributed by atoms with Gasteiger partial charge in [-0.1, -0.05) is 25.7 Å². The zero-order valence-electron chi connectivity index (χ0n) is 15.0. The summed E-state index contributed by atoms with van der Waals surface area (Å²) in [5.41, 5.74) is 0. The van der Waals surface area contributed by atoms with Gasteiger partial charge in [-0.15, -0.1) is 0 Å². The lowest BCUT2D eigenvalue weighted by Crippen LogP contribution is -2.53. The second-order valence-electron chi connectivity index (χ2n) is 7.91. The lowest BCUT2D eigenvalue weighted by Gasteiger charge is -2.37. The molecule has 0 aromatic rings. The summed E-state index contributed by atoms with van der Waals surface area (Å²) in [6.07, 6.45) is 10.1. The quantitative estimate of drug-likeness (QED) is 0.678. The Bertz CT molecular complexity index is 460. The van der Waals surface area contributed by atoms with E-state index in [1.165, 1.54) is 19.3 Å². The molecule has 3 rings (SSSR count). The second kappa shape index (κ2) is 8.99. The minimum Gasteiger partial charge on any atom is -0.394 e. The number of nitrogens with one attached hydrogen (secondary N) is 2. The predicted octanol–water partition coefficient (Wildman–Crippen LogP) is 1.65. The van der Waals surface area contributed by atoms with Crippen molar-refractivity contribution in [2.24, 2.45) is 5.92 Å². The first kappa shape index (κ1) is 18.6.